The third kappa shape index (κ3) is 2.95. The van der Waals surface area contributed by atoms with Gasteiger partial charge in [0.05, 0.1) is 24.7 Å². The van der Waals surface area contributed by atoms with Crippen LogP contribution in [0, 0.1) is 10.1 Å². The summed E-state index contributed by atoms with van der Waals surface area (Å²) in [5, 5.41) is 32.3. The quantitative estimate of drug-likeness (QED) is 0.504. The second-order valence-electron chi connectivity index (χ2n) is 4.27. The van der Waals surface area contributed by atoms with E-state index in [-0.39, 0.29) is 30.4 Å². The van der Waals surface area contributed by atoms with Crippen LogP contribution in [0.2, 0.25) is 0 Å². The number of aliphatic hydroxyl groups is 2. The van der Waals surface area contributed by atoms with Crippen LogP contribution in [0.3, 0.4) is 0 Å². The zero-order valence-electron chi connectivity index (χ0n) is 10.7. The molecule has 1 saturated heterocycles. The molecule has 0 spiro atoms. The van der Waals surface area contributed by atoms with E-state index < -0.39 is 23.4 Å². The summed E-state index contributed by atoms with van der Waals surface area (Å²) in [4.78, 5) is 14.3. The maximum atomic E-state index is 10.9. The number of pyridine rings is 1. The van der Waals surface area contributed by atoms with Crippen LogP contribution in [0.4, 0.5) is 11.5 Å². The van der Waals surface area contributed by atoms with E-state index in [9.17, 15) is 15.2 Å². The SMILES string of the molecule is COc1ccc([N+](=O)[O-])c(N[C@H]2C[C@H](O)[C@@H](CO)O2)n1. The molecular weight excluding hydrogens is 270 g/mol. The first-order valence-electron chi connectivity index (χ1n) is 5.95. The monoisotopic (exact) mass is 285 g/mol. The number of nitro groups is 1. The maximum Gasteiger partial charge on any atom is 0.311 e. The topological polar surface area (TPSA) is 127 Å². The van der Waals surface area contributed by atoms with Crippen molar-refractivity contribution in [1.82, 2.24) is 4.98 Å². The second kappa shape index (κ2) is 5.99. The highest BCUT2D eigenvalue weighted by atomic mass is 16.6. The highest BCUT2D eigenvalue weighted by Crippen LogP contribution is 2.28. The van der Waals surface area contributed by atoms with Crippen molar-refractivity contribution < 1.29 is 24.6 Å². The van der Waals surface area contributed by atoms with Crippen molar-refractivity contribution in [3.63, 3.8) is 0 Å². The number of rotatable bonds is 5. The molecule has 2 heterocycles. The van der Waals surface area contributed by atoms with E-state index >= 15 is 0 Å². The Morgan fingerprint density at radius 3 is 2.95 bits per heavy atom. The lowest BCUT2D eigenvalue weighted by atomic mass is 10.2. The Labute approximate surface area is 114 Å². The highest BCUT2D eigenvalue weighted by Gasteiger charge is 2.34. The number of nitrogens with one attached hydrogen (secondary N) is 1. The lowest BCUT2D eigenvalue weighted by Gasteiger charge is -2.14. The van der Waals surface area contributed by atoms with Crippen LogP contribution in [0.5, 0.6) is 5.88 Å². The van der Waals surface area contributed by atoms with Gasteiger partial charge in [0.1, 0.15) is 12.3 Å². The van der Waals surface area contributed by atoms with Crippen LogP contribution in [0.25, 0.3) is 0 Å². The molecule has 3 atom stereocenters. The molecule has 2 rings (SSSR count). The van der Waals surface area contributed by atoms with E-state index in [1.165, 1.54) is 19.2 Å². The van der Waals surface area contributed by atoms with Gasteiger partial charge < -0.3 is 25.0 Å². The summed E-state index contributed by atoms with van der Waals surface area (Å²) < 4.78 is 10.2. The minimum atomic E-state index is -0.831. The molecule has 1 aromatic rings. The van der Waals surface area contributed by atoms with Gasteiger partial charge in [-0.15, -0.1) is 0 Å². The number of aliphatic hydroxyl groups excluding tert-OH is 2. The Morgan fingerprint density at radius 1 is 1.65 bits per heavy atom. The number of nitrogens with zero attached hydrogens (tertiary/aromatic N) is 2. The second-order valence-corrected chi connectivity index (χ2v) is 4.27. The summed E-state index contributed by atoms with van der Waals surface area (Å²) in [6, 6.07) is 2.65. The number of anilines is 1. The summed E-state index contributed by atoms with van der Waals surface area (Å²) in [6.45, 7) is -0.326. The Balaban J connectivity index is 2.18. The Kier molecular flexibility index (Phi) is 4.32. The van der Waals surface area contributed by atoms with E-state index in [1.807, 2.05) is 0 Å². The average molecular weight is 285 g/mol. The van der Waals surface area contributed by atoms with E-state index in [1.54, 1.807) is 0 Å². The highest BCUT2D eigenvalue weighted by molar-refractivity contribution is 5.57. The smallest absolute Gasteiger partial charge is 0.311 e. The van der Waals surface area contributed by atoms with Crippen LogP contribution in [0.1, 0.15) is 6.42 Å². The van der Waals surface area contributed by atoms with Crippen LogP contribution in [0.15, 0.2) is 12.1 Å². The minimum absolute atomic E-state index is 0.00913. The molecule has 0 unspecified atom stereocenters. The number of hydrogen-bond donors (Lipinski definition) is 3. The molecule has 0 radical (unpaired) electrons. The number of methoxy groups -OCH3 is 1. The molecular formula is C11H15N3O6. The summed E-state index contributed by atoms with van der Waals surface area (Å²) >= 11 is 0. The van der Waals surface area contributed by atoms with E-state index in [2.05, 4.69) is 10.3 Å². The van der Waals surface area contributed by atoms with Crippen LogP contribution >= 0.6 is 0 Å². The third-order valence-electron chi connectivity index (χ3n) is 2.96. The number of ether oxygens (including phenoxy) is 2. The molecule has 9 heteroatoms. The fourth-order valence-electron chi connectivity index (χ4n) is 1.94. The zero-order valence-corrected chi connectivity index (χ0v) is 10.7. The van der Waals surface area contributed by atoms with Gasteiger partial charge in [0.25, 0.3) is 0 Å². The van der Waals surface area contributed by atoms with Crippen molar-refractivity contribution in [2.45, 2.75) is 24.9 Å². The Morgan fingerprint density at radius 2 is 2.40 bits per heavy atom. The Bertz CT molecular complexity index is 497. The van der Waals surface area contributed by atoms with Gasteiger partial charge in [-0.05, 0) is 0 Å². The largest absolute Gasteiger partial charge is 0.481 e. The van der Waals surface area contributed by atoms with Crippen molar-refractivity contribution in [3.8, 4) is 5.88 Å². The lowest BCUT2D eigenvalue weighted by molar-refractivity contribution is -0.384. The molecule has 110 valence electrons. The lowest BCUT2D eigenvalue weighted by Crippen LogP contribution is -2.25. The molecule has 0 saturated carbocycles. The molecule has 1 fully saturated rings. The molecule has 0 aromatic carbocycles. The first-order chi connectivity index (χ1) is 9.55. The van der Waals surface area contributed by atoms with Gasteiger partial charge in [0.2, 0.25) is 11.7 Å². The molecule has 1 aromatic heterocycles. The molecule has 0 aliphatic carbocycles. The van der Waals surface area contributed by atoms with Crippen molar-refractivity contribution in [1.29, 1.82) is 0 Å². The van der Waals surface area contributed by atoms with Gasteiger partial charge in [0, 0.05) is 18.6 Å². The van der Waals surface area contributed by atoms with Crippen LogP contribution < -0.4 is 10.1 Å². The van der Waals surface area contributed by atoms with Gasteiger partial charge in [-0.1, -0.05) is 0 Å². The molecule has 1 aliphatic rings. The predicted molar refractivity (Wildman–Crippen MR) is 67.4 cm³/mol. The predicted octanol–water partition coefficient (Wildman–Crippen LogP) is -0.122. The molecule has 0 bridgehead atoms. The molecule has 3 N–H and O–H groups in total. The molecule has 20 heavy (non-hydrogen) atoms. The van der Waals surface area contributed by atoms with Crippen LogP contribution in [-0.2, 0) is 4.74 Å². The fraction of sp³-hybridized carbons (Fsp3) is 0.545. The van der Waals surface area contributed by atoms with E-state index in [0.29, 0.717) is 0 Å². The Hall–Kier alpha value is -1.97. The number of hydrogen-bond acceptors (Lipinski definition) is 8. The van der Waals surface area contributed by atoms with E-state index in [4.69, 9.17) is 14.6 Å². The van der Waals surface area contributed by atoms with E-state index in [0.717, 1.165) is 0 Å². The molecule has 0 amide bonds. The third-order valence-corrected chi connectivity index (χ3v) is 2.96. The van der Waals surface area contributed by atoms with Gasteiger partial charge in [-0.3, -0.25) is 10.1 Å². The first-order valence-corrected chi connectivity index (χ1v) is 5.95. The fourth-order valence-corrected chi connectivity index (χ4v) is 1.94. The van der Waals surface area contributed by atoms with Crippen molar-refractivity contribution >= 4 is 11.5 Å². The summed E-state index contributed by atoms with van der Waals surface area (Å²) in [6.07, 6.45) is -2.01. The summed E-state index contributed by atoms with van der Waals surface area (Å²) in [5.74, 6) is 0.209. The zero-order chi connectivity index (χ0) is 14.7. The summed E-state index contributed by atoms with van der Waals surface area (Å²) in [5.41, 5.74) is -0.226. The van der Waals surface area contributed by atoms with Gasteiger partial charge >= 0.3 is 5.69 Å². The number of aromatic nitrogens is 1. The van der Waals surface area contributed by atoms with Gasteiger partial charge in [-0.25, -0.2) is 0 Å². The average Bonchev–Trinajstić information content (AvgIpc) is 2.78. The molecule has 1 aliphatic heterocycles. The minimum Gasteiger partial charge on any atom is -0.481 e. The molecule has 9 nitrogen and oxygen atoms in total. The normalized spacial score (nSPS) is 25.4. The van der Waals surface area contributed by atoms with Crippen molar-refractivity contribution in [2.24, 2.45) is 0 Å². The van der Waals surface area contributed by atoms with Gasteiger partial charge in [-0.2, -0.15) is 4.98 Å². The van der Waals surface area contributed by atoms with Gasteiger partial charge in [0.15, 0.2) is 0 Å². The maximum absolute atomic E-state index is 10.9. The standard InChI is InChI=1S/C11H15N3O6/c1-19-9-3-2-6(14(17)18)11(12-9)13-10-4-7(16)8(5-15)20-10/h2-3,7-8,10,15-16H,4-5H2,1H3,(H,12,13)/t7-,8+,10+/m0/s1. The summed E-state index contributed by atoms with van der Waals surface area (Å²) in [7, 11) is 1.40. The first kappa shape index (κ1) is 14.4. The van der Waals surface area contributed by atoms with Crippen molar-refractivity contribution in [3.05, 3.63) is 22.2 Å². The van der Waals surface area contributed by atoms with Crippen molar-refractivity contribution in [2.75, 3.05) is 19.0 Å². The van der Waals surface area contributed by atoms with Crippen LogP contribution in [-0.4, -0.2) is 52.3 Å².